The molecule has 0 aromatic carbocycles. The molecule has 1 atom stereocenters. The van der Waals surface area contributed by atoms with E-state index in [2.05, 4.69) is 15.7 Å². The van der Waals surface area contributed by atoms with Gasteiger partial charge in [-0.3, -0.25) is 15.4 Å². The number of carbonyl (C=O) groups is 1. The lowest BCUT2D eigenvalue weighted by Crippen LogP contribution is -2.45. The number of urea groups is 1. The zero-order chi connectivity index (χ0) is 18.5. The third kappa shape index (κ3) is 4.56. The van der Waals surface area contributed by atoms with E-state index in [-0.39, 0.29) is 31.6 Å². The van der Waals surface area contributed by atoms with Crippen molar-refractivity contribution in [3.8, 4) is 0 Å². The highest BCUT2D eigenvalue weighted by Crippen LogP contribution is 2.49. The third-order valence-electron chi connectivity index (χ3n) is 3.76. The van der Waals surface area contributed by atoms with Crippen LogP contribution in [0.4, 0.5) is 10.6 Å². The van der Waals surface area contributed by atoms with E-state index in [9.17, 15) is 9.36 Å². The average Bonchev–Trinajstić information content (AvgIpc) is 2.79. The zero-order valence-corrected chi connectivity index (χ0v) is 15.5. The molecule has 0 bridgehead atoms. The van der Waals surface area contributed by atoms with Crippen molar-refractivity contribution in [2.45, 2.75) is 32.7 Å². The van der Waals surface area contributed by atoms with Crippen LogP contribution in [0.1, 0.15) is 27.2 Å². The first kappa shape index (κ1) is 19.4. The lowest BCUT2D eigenvalue weighted by atomic mass is 9.99. The first-order valence-electron chi connectivity index (χ1n) is 8.10. The Balaban J connectivity index is 2.07. The molecule has 1 aromatic rings. The van der Waals surface area contributed by atoms with Gasteiger partial charge in [0.2, 0.25) is 0 Å². The normalized spacial score (nSPS) is 20.7. The highest BCUT2D eigenvalue weighted by Gasteiger charge is 2.46. The fourth-order valence-corrected chi connectivity index (χ4v) is 4.29. The minimum Gasteiger partial charge on any atom is -0.324 e. The molecule has 3 N–H and O–H groups in total. The van der Waals surface area contributed by atoms with Crippen LogP contribution >= 0.6 is 7.60 Å². The van der Waals surface area contributed by atoms with Crippen molar-refractivity contribution < 1.29 is 18.4 Å². The van der Waals surface area contributed by atoms with Crippen LogP contribution in [0.25, 0.3) is 0 Å². The minimum atomic E-state index is -3.25. The summed E-state index contributed by atoms with van der Waals surface area (Å²) in [4.78, 5) is 16.3. The second-order valence-corrected chi connectivity index (χ2v) is 7.88. The number of amidine groups is 1. The van der Waals surface area contributed by atoms with Crippen LogP contribution < -0.4 is 10.7 Å². The van der Waals surface area contributed by atoms with E-state index in [1.165, 1.54) is 0 Å². The molecule has 2 rings (SSSR count). The summed E-state index contributed by atoms with van der Waals surface area (Å²) < 4.78 is 23.1. The number of carbonyl (C=O) groups excluding carboxylic acids is 1. The van der Waals surface area contributed by atoms with Gasteiger partial charge in [-0.05, 0) is 39.3 Å². The lowest BCUT2D eigenvalue weighted by Gasteiger charge is -2.26. The molecule has 10 heteroatoms. The van der Waals surface area contributed by atoms with E-state index in [4.69, 9.17) is 14.5 Å². The fraction of sp³-hybridized carbons (Fsp3) is 0.533. The Morgan fingerprint density at radius 2 is 2.04 bits per heavy atom. The number of anilines is 1. The van der Waals surface area contributed by atoms with Crippen LogP contribution in [0, 0.1) is 5.41 Å². The number of amides is 2. The molecule has 1 aliphatic rings. The van der Waals surface area contributed by atoms with Crippen molar-refractivity contribution in [2.24, 2.45) is 0 Å². The number of hydrogen-bond acceptors (Lipinski definition) is 7. The van der Waals surface area contributed by atoms with E-state index in [0.717, 1.165) is 5.01 Å². The summed E-state index contributed by atoms with van der Waals surface area (Å²) in [5.74, 6) is 0.462. The molecule has 2 heterocycles. The number of rotatable bonds is 9. The van der Waals surface area contributed by atoms with Crippen LogP contribution in [-0.2, 0) is 13.6 Å². The van der Waals surface area contributed by atoms with Crippen LogP contribution in [0.15, 0.2) is 24.4 Å². The molecule has 0 radical (unpaired) electrons. The van der Waals surface area contributed by atoms with Gasteiger partial charge in [-0.25, -0.2) is 9.78 Å². The Bertz CT molecular complexity index is 661. The monoisotopic (exact) mass is 369 g/mol. The zero-order valence-electron chi connectivity index (χ0n) is 14.6. The molecule has 1 aliphatic heterocycles. The molecule has 25 heavy (non-hydrogen) atoms. The number of nitrogens with one attached hydrogen (secondary N) is 3. The van der Waals surface area contributed by atoms with Crippen molar-refractivity contribution in [1.29, 1.82) is 5.41 Å². The Hall–Kier alpha value is -1.96. The van der Waals surface area contributed by atoms with Gasteiger partial charge in [0.25, 0.3) is 0 Å². The summed E-state index contributed by atoms with van der Waals surface area (Å²) in [6, 6.07) is 4.74. The predicted octanol–water partition coefficient (Wildman–Crippen LogP) is 2.83. The van der Waals surface area contributed by atoms with Crippen LogP contribution in [0.5, 0.6) is 0 Å². The Kier molecular flexibility index (Phi) is 6.16. The fourth-order valence-electron chi connectivity index (χ4n) is 2.45. The summed E-state index contributed by atoms with van der Waals surface area (Å²) in [5.41, 5.74) is 1.81. The number of pyridine rings is 1. The molecular formula is C15H24N5O4P. The maximum Gasteiger partial charge on any atom is 0.342 e. The van der Waals surface area contributed by atoms with Crippen molar-refractivity contribution in [3.63, 3.8) is 0 Å². The third-order valence-corrected chi connectivity index (χ3v) is 5.84. The summed E-state index contributed by atoms with van der Waals surface area (Å²) in [5, 5.41) is 12.2. The minimum absolute atomic E-state index is 0.0164. The highest BCUT2D eigenvalue weighted by molar-refractivity contribution is 7.53. The predicted molar refractivity (Wildman–Crippen MR) is 94.7 cm³/mol. The van der Waals surface area contributed by atoms with Crippen LogP contribution in [0.3, 0.4) is 0 Å². The molecule has 0 saturated carbocycles. The van der Waals surface area contributed by atoms with Crippen LogP contribution in [-0.4, -0.2) is 46.8 Å². The van der Waals surface area contributed by atoms with Gasteiger partial charge in [0, 0.05) is 6.20 Å². The number of nitrogens with zero attached hydrogens (tertiary/aromatic N) is 2. The maximum atomic E-state index is 12.6. The first-order chi connectivity index (χ1) is 11.8. The Morgan fingerprint density at radius 3 is 2.60 bits per heavy atom. The van der Waals surface area contributed by atoms with Gasteiger partial charge in [-0.15, -0.1) is 0 Å². The molecule has 1 aromatic heterocycles. The molecule has 2 amide bonds. The van der Waals surface area contributed by atoms with Crippen molar-refractivity contribution in [3.05, 3.63) is 24.4 Å². The average molecular weight is 369 g/mol. The summed E-state index contributed by atoms with van der Waals surface area (Å²) in [6.45, 7) is 5.72. The largest absolute Gasteiger partial charge is 0.342 e. The van der Waals surface area contributed by atoms with E-state index in [1.54, 1.807) is 45.2 Å². The molecule has 9 nitrogen and oxygen atoms in total. The SMILES string of the molecule is CCOP(=O)(CCC1(C)NC(=O)N(Nc2ccccn2)C1=N)OCC. The smallest absolute Gasteiger partial charge is 0.324 e. The highest BCUT2D eigenvalue weighted by atomic mass is 31.2. The number of hydrogen-bond donors (Lipinski definition) is 3. The molecule has 1 fully saturated rings. The van der Waals surface area contributed by atoms with Crippen molar-refractivity contribution >= 4 is 25.3 Å². The van der Waals surface area contributed by atoms with Gasteiger partial charge < -0.3 is 14.4 Å². The van der Waals surface area contributed by atoms with Crippen LogP contribution in [0.2, 0.25) is 0 Å². The molecular weight excluding hydrogens is 345 g/mol. The quantitative estimate of drug-likeness (QED) is 0.576. The van der Waals surface area contributed by atoms with E-state index < -0.39 is 19.2 Å². The standard InChI is InChI=1S/C15H24N5O4P/c1-4-23-25(22,24-5-2)11-9-15(3)13(16)20(14(21)18-15)19-12-8-6-7-10-17-12/h6-8,10,16H,4-5,9,11H2,1-3H3,(H,17,19)(H,18,21). The number of aromatic nitrogens is 1. The number of hydrazine groups is 1. The molecule has 0 spiro atoms. The van der Waals surface area contributed by atoms with Gasteiger partial charge >= 0.3 is 13.6 Å². The first-order valence-corrected chi connectivity index (χ1v) is 9.83. The van der Waals surface area contributed by atoms with Gasteiger partial charge in [0.1, 0.15) is 5.82 Å². The Labute approximate surface area is 147 Å². The molecule has 1 unspecified atom stereocenters. The second-order valence-electron chi connectivity index (χ2n) is 5.69. The van der Waals surface area contributed by atoms with Crippen molar-refractivity contribution in [1.82, 2.24) is 15.3 Å². The topological polar surface area (TPSA) is 117 Å². The Morgan fingerprint density at radius 1 is 1.36 bits per heavy atom. The van der Waals surface area contributed by atoms with Gasteiger partial charge in [0.15, 0.2) is 5.84 Å². The van der Waals surface area contributed by atoms with E-state index in [1.807, 2.05) is 0 Å². The molecule has 138 valence electrons. The van der Waals surface area contributed by atoms with E-state index in [0.29, 0.717) is 5.82 Å². The summed E-state index contributed by atoms with van der Waals surface area (Å²) >= 11 is 0. The lowest BCUT2D eigenvalue weighted by molar-refractivity contribution is 0.217. The van der Waals surface area contributed by atoms with Crippen molar-refractivity contribution in [2.75, 3.05) is 24.8 Å². The van der Waals surface area contributed by atoms with Gasteiger partial charge in [-0.2, -0.15) is 5.01 Å². The molecule has 0 aliphatic carbocycles. The van der Waals surface area contributed by atoms with Gasteiger partial charge in [0.05, 0.1) is 24.9 Å². The summed E-state index contributed by atoms with van der Waals surface area (Å²) in [6.07, 6.45) is 1.93. The second kappa shape index (κ2) is 7.95. The molecule has 1 saturated heterocycles. The van der Waals surface area contributed by atoms with E-state index >= 15 is 0 Å². The van der Waals surface area contributed by atoms with Gasteiger partial charge in [-0.1, -0.05) is 6.07 Å². The maximum absolute atomic E-state index is 12.6. The summed E-state index contributed by atoms with van der Waals surface area (Å²) in [7, 11) is -3.25.